The number of fused-ring (bicyclic) bond motifs is 2. The molecule has 0 N–H and O–H groups in total. The summed E-state index contributed by atoms with van der Waals surface area (Å²) in [5.74, 6) is 2.18. The second kappa shape index (κ2) is 8.47. The maximum atomic E-state index is 13.4. The van der Waals surface area contributed by atoms with Gasteiger partial charge >= 0.3 is 0 Å². The van der Waals surface area contributed by atoms with Crippen molar-refractivity contribution in [3.8, 4) is 11.5 Å². The van der Waals surface area contributed by atoms with Gasteiger partial charge in [0.1, 0.15) is 6.61 Å². The van der Waals surface area contributed by atoms with Crippen LogP contribution in [0.5, 0.6) is 11.5 Å². The molecule has 0 bridgehead atoms. The number of aromatic nitrogens is 2. The predicted molar refractivity (Wildman–Crippen MR) is 123 cm³/mol. The highest BCUT2D eigenvalue weighted by Crippen LogP contribution is 2.32. The van der Waals surface area contributed by atoms with Crippen LogP contribution < -0.4 is 15.0 Å². The monoisotopic (exact) mass is 430 g/mol. The maximum Gasteiger partial charge on any atom is 0.262 e. The Morgan fingerprint density at radius 2 is 1.74 bits per heavy atom. The van der Waals surface area contributed by atoms with E-state index in [1.807, 2.05) is 60.7 Å². The third-order valence-corrected chi connectivity index (χ3v) is 6.42. The van der Waals surface area contributed by atoms with E-state index in [2.05, 4.69) is 19.1 Å². The van der Waals surface area contributed by atoms with Crippen molar-refractivity contribution in [1.29, 1.82) is 0 Å². The van der Waals surface area contributed by atoms with Crippen LogP contribution in [0.1, 0.15) is 11.1 Å². The molecule has 156 valence electrons. The van der Waals surface area contributed by atoms with E-state index >= 15 is 0 Å². The van der Waals surface area contributed by atoms with Gasteiger partial charge in [0.2, 0.25) is 0 Å². The van der Waals surface area contributed by atoms with Gasteiger partial charge < -0.3 is 9.47 Å². The highest BCUT2D eigenvalue weighted by molar-refractivity contribution is 7.98. The second-order valence-corrected chi connectivity index (χ2v) is 8.48. The van der Waals surface area contributed by atoms with Gasteiger partial charge in [0.05, 0.1) is 17.4 Å². The summed E-state index contributed by atoms with van der Waals surface area (Å²) in [5.41, 5.74) is 3.11. The molecule has 1 aliphatic rings. The van der Waals surface area contributed by atoms with Crippen LogP contribution in [0.4, 0.5) is 0 Å². The normalized spacial score (nSPS) is 15.2. The molecule has 0 fully saturated rings. The van der Waals surface area contributed by atoms with E-state index in [0.717, 1.165) is 11.5 Å². The fraction of sp³-hybridized carbons (Fsp3) is 0.200. The van der Waals surface area contributed by atoms with Gasteiger partial charge in [-0.1, -0.05) is 60.3 Å². The lowest BCUT2D eigenvalue weighted by Crippen LogP contribution is -2.37. The van der Waals surface area contributed by atoms with Crippen LogP contribution in [0.2, 0.25) is 0 Å². The first-order valence-electron chi connectivity index (χ1n) is 10.2. The quantitative estimate of drug-likeness (QED) is 0.335. The first-order chi connectivity index (χ1) is 15.2. The number of hydrogen-bond acceptors (Lipinski definition) is 5. The maximum absolute atomic E-state index is 13.4. The van der Waals surface area contributed by atoms with E-state index in [1.165, 1.54) is 11.1 Å². The van der Waals surface area contributed by atoms with Gasteiger partial charge in [0.15, 0.2) is 22.8 Å². The largest absolute Gasteiger partial charge is 0.486 e. The Balaban J connectivity index is 1.48. The molecule has 1 unspecified atom stereocenters. The third-order valence-electron chi connectivity index (χ3n) is 5.40. The zero-order valence-electron chi connectivity index (χ0n) is 17.2. The molecule has 2 heterocycles. The van der Waals surface area contributed by atoms with Crippen molar-refractivity contribution in [2.45, 2.75) is 30.5 Å². The molecule has 0 aliphatic carbocycles. The summed E-state index contributed by atoms with van der Waals surface area (Å²) in [7, 11) is 0. The number of rotatable bonds is 5. The van der Waals surface area contributed by atoms with Gasteiger partial charge in [-0.2, -0.15) is 0 Å². The number of nitrogens with zero attached hydrogens (tertiary/aromatic N) is 2. The van der Waals surface area contributed by atoms with E-state index in [4.69, 9.17) is 14.5 Å². The van der Waals surface area contributed by atoms with Crippen molar-refractivity contribution in [2.75, 3.05) is 6.61 Å². The Morgan fingerprint density at radius 3 is 2.61 bits per heavy atom. The fourth-order valence-corrected chi connectivity index (χ4v) is 4.77. The standard InChI is InChI=1S/C25H22N2O3S/c1-17-8-2-3-9-18(17)16-31-25-26-21-11-5-4-10-20(21)24(28)27(25)14-19-15-29-22-12-6-7-13-23(22)30-19/h2-13,19H,14-16H2,1H3. The van der Waals surface area contributed by atoms with Crippen LogP contribution in [-0.4, -0.2) is 22.3 Å². The summed E-state index contributed by atoms with van der Waals surface area (Å²) in [6.45, 7) is 2.86. The molecule has 0 radical (unpaired) electrons. The Labute approximate surface area is 184 Å². The average molecular weight is 431 g/mol. The number of thioether (sulfide) groups is 1. The van der Waals surface area contributed by atoms with Gasteiger partial charge in [-0.3, -0.25) is 9.36 Å². The Bertz CT molecular complexity index is 1300. The second-order valence-electron chi connectivity index (χ2n) is 7.54. The summed E-state index contributed by atoms with van der Waals surface area (Å²) in [4.78, 5) is 18.2. The molecule has 6 heteroatoms. The molecule has 0 amide bonds. The minimum Gasteiger partial charge on any atom is -0.486 e. The molecule has 1 aromatic heterocycles. The van der Waals surface area contributed by atoms with Crippen LogP contribution in [-0.2, 0) is 12.3 Å². The SMILES string of the molecule is Cc1ccccc1CSc1nc2ccccc2c(=O)n1CC1COc2ccccc2O1. The number of benzene rings is 3. The van der Waals surface area contributed by atoms with Gasteiger partial charge in [0, 0.05) is 5.75 Å². The zero-order chi connectivity index (χ0) is 21.2. The molecular weight excluding hydrogens is 408 g/mol. The van der Waals surface area contributed by atoms with Crippen molar-refractivity contribution in [1.82, 2.24) is 9.55 Å². The van der Waals surface area contributed by atoms with Crippen molar-refractivity contribution in [3.05, 3.63) is 94.3 Å². The molecule has 1 aliphatic heterocycles. The lowest BCUT2D eigenvalue weighted by atomic mass is 10.1. The molecular formula is C25H22N2O3S. The van der Waals surface area contributed by atoms with Crippen molar-refractivity contribution in [3.63, 3.8) is 0 Å². The summed E-state index contributed by atoms with van der Waals surface area (Å²) >= 11 is 1.57. The number of aryl methyl sites for hydroxylation is 1. The molecule has 0 saturated carbocycles. The van der Waals surface area contributed by atoms with E-state index < -0.39 is 0 Å². The summed E-state index contributed by atoms with van der Waals surface area (Å²) in [5, 5.41) is 1.30. The average Bonchev–Trinajstić information content (AvgIpc) is 2.80. The smallest absolute Gasteiger partial charge is 0.262 e. The van der Waals surface area contributed by atoms with Crippen LogP contribution in [0, 0.1) is 6.92 Å². The van der Waals surface area contributed by atoms with Crippen LogP contribution in [0.15, 0.2) is 82.7 Å². The minimum absolute atomic E-state index is 0.0552. The zero-order valence-corrected chi connectivity index (χ0v) is 18.0. The van der Waals surface area contributed by atoms with E-state index in [-0.39, 0.29) is 11.7 Å². The van der Waals surface area contributed by atoms with Gasteiger partial charge in [-0.15, -0.1) is 0 Å². The van der Waals surface area contributed by atoms with Gasteiger partial charge in [0.25, 0.3) is 5.56 Å². The van der Waals surface area contributed by atoms with E-state index in [1.54, 1.807) is 16.3 Å². The topological polar surface area (TPSA) is 53.4 Å². The molecule has 3 aromatic carbocycles. The molecule has 5 nitrogen and oxygen atoms in total. The fourth-order valence-electron chi connectivity index (χ4n) is 3.69. The van der Waals surface area contributed by atoms with Crippen LogP contribution in [0.25, 0.3) is 10.9 Å². The summed E-state index contributed by atoms with van der Waals surface area (Å²) < 4.78 is 13.7. The highest BCUT2D eigenvalue weighted by Gasteiger charge is 2.23. The third kappa shape index (κ3) is 4.03. The Morgan fingerprint density at radius 1 is 1.00 bits per heavy atom. The Kier molecular flexibility index (Phi) is 5.38. The molecule has 31 heavy (non-hydrogen) atoms. The summed E-state index contributed by atoms with van der Waals surface area (Å²) in [6, 6.07) is 23.4. The first kappa shape index (κ1) is 19.7. The Hall–Kier alpha value is -3.25. The lowest BCUT2D eigenvalue weighted by Gasteiger charge is -2.27. The summed E-state index contributed by atoms with van der Waals surface area (Å²) in [6.07, 6.45) is -0.270. The number of ether oxygens (including phenoxy) is 2. The molecule has 0 spiro atoms. The predicted octanol–water partition coefficient (Wildman–Crippen LogP) is 4.84. The number of hydrogen-bond donors (Lipinski definition) is 0. The van der Waals surface area contributed by atoms with Crippen molar-refractivity contribution >= 4 is 22.7 Å². The van der Waals surface area contributed by atoms with Gasteiger partial charge in [-0.25, -0.2) is 4.98 Å². The molecule has 5 rings (SSSR count). The highest BCUT2D eigenvalue weighted by atomic mass is 32.2. The van der Waals surface area contributed by atoms with Gasteiger partial charge in [-0.05, 0) is 42.3 Å². The van der Waals surface area contributed by atoms with E-state index in [0.29, 0.717) is 35.0 Å². The molecule has 1 atom stereocenters. The molecule has 4 aromatic rings. The van der Waals surface area contributed by atoms with Crippen LogP contribution in [0.3, 0.4) is 0 Å². The minimum atomic E-state index is -0.270. The number of para-hydroxylation sites is 3. The lowest BCUT2D eigenvalue weighted by molar-refractivity contribution is 0.0757. The van der Waals surface area contributed by atoms with Crippen molar-refractivity contribution in [2.24, 2.45) is 0 Å². The van der Waals surface area contributed by atoms with E-state index in [9.17, 15) is 4.79 Å². The van der Waals surface area contributed by atoms with Crippen molar-refractivity contribution < 1.29 is 9.47 Å². The van der Waals surface area contributed by atoms with Crippen LogP contribution >= 0.6 is 11.8 Å². The molecule has 0 saturated heterocycles. The first-order valence-corrected chi connectivity index (χ1v) is 11.2.